The minimum Gasteiger partial charge on any atom is -0.342 e. The highest BCUT2D eigenvalue weighted by atomic mass is 16.2. The molecular formula is C21H37N3O2. The minimum absolute atomic E-state index is 0.0968. The first kappa shape index (κ1) is 19.8. The standard InChI is InChI=1S/C21H37N3O2/c1-17(25)19-4-3-5-20(16-19)21(26)24-10-7-18(8-11-24)6-9-23-14-12-22(2)13-15-23/h18-20H,3-16H2,1-2H3. The van der Waals surface area contributed by atoms with Crippen LogP contribution in [-0.2, 0) is 9.59 Å². The molecule has 2 atom stereocenters. The fourth-order valence-electron chi connectivity index (χ4n) is 4.92. The quantitative estimate of drug-likeness (QED) is 0.751. The lowest BCUT2D eigenvalue weighted by atomic mass is 9.78. The number of nitrogens with zero attached hydrogens (tertiary/aromatic N) is 3. The number of carbonyl (C=O) groups is 2. The molecule has 1 amide bonds. The van der Waals surface area contributed by atoms with E-state index < -0.39 is 0 Å². The van der Waals surface area contributed by atoms with Crippen molar-refractivity contribution in [1.29, 1.82) is 0 Å². The third-order valence-electron chi connectivity index (χ3n) is 6.97. The smallest absolute Gasteiger partial charge is 0.225 e. The van der Waals surface area contributed by atoms with E-state index in [4.69, 9.17) is 0 Å². The van der Waals surface area contributed by atoms with Crippen LogP contribution in [0.15, 0.2) is 0 Å². The van der Waals surface area contributed by atoms with Gasteiger partial charge in [-0.1, -0.05) is 6.42 Å². The molecule has 3 fully saturated rings. The minimum atomic E-state index is 0.0968. The highest BCUT2D eigenvalue weighted by Crippen LogP contribution is 2.32. The Morgan fingerprint density at radius 1 is 0.885 bits per heavy atom. The number of amides is 1. The molecule has 5 heteroatoms. The number of Topliss-reactive ketones (excluding diaryl/α,β-unsaturated/α-hetero) is 1. The van der Waals surface area contributed by atoms with Crippen LogP contribution in [0, 0.1) is 17.8 Å². The third kappa shape index (κ3) is 5.29. The lowest BCUT2D eigenvalue weighted by Gasteiger charge is -2.37. The molecule has 0 bridgehead atoms. The number of carbonyl (C=O) groups excluding carboxylic acids is 2. The number of likely N-dealkylation sites (tertiary alicyclic amines) is 1. The monoisotopic (exact) mass is 363 g/mol. The van der Waals surface area contributed by atoms with Crippen molar-refractivity contribution in [3.8, 4) is 0 Å². The SMILES string of the molecule is CC(=O)C1CCCC(C(=O)N2CCC(CCN3CCN(C)CC3)CC2)C1. The fraction of sp³-hybridized carbons (Fsp3) is 0.905. The summed E-state index contributed by atoms with van der Waals surface area (Å²) in [6.45, 7) is 9.53. The van der Waals surface area contributed by atoms with Crippen molar-refractivity contribution in [2.24, 2.45) is 17.8 Å². The highest BCUT2D eigenvalue weighted by Gasteiger charge is 2.33. The van der Waals surface area contributed by atoms with E-state index in [2.05, 4.69) is 21.7 Å². The van der Waals surface area contributed by atoms with Gasteiger partial charge < -0.3 is 14.7 Å². The number of ketones is 1. The molecule has 0 spiro atoms. The van der Waals surface area contributed by atoms with Crippen LogP contribution >= 0.6 is 0 Å². The molecule has 2 saturated heterocycles. The summed E-state index contributed by atoms with van der Waals surface area (Å²) in [5, 5.41) is 0. The van der Waals surface area contributed by atoms with Crippen LogP contribution < -0.4 is 0 Å². The number of rotatable bonds is 5. The Balaban J connectivity index is 1.37. The fourth-order valence-corrected chi connectivity index (χ4v) is 4.92. The molecule has 2 unspecified atom stereocenters. The van der Waals surface area contributed by atoms with Crippen molar-refractivity contribution in [3.63, 3.8) is 0 Å². The van der Waals surface area contributed by atoms with E-state index in [0.717, 1.165) is 57.5 Å². The van der Waals surface area contributed by atoms with Gasteiger partial charge in [-0.3, -0.25) is 9.59 Å². The summed E-state index contributed by atoms with van der Waals surface area (Å²) in [5.74, 6) is 1.59. The lowest BCUT2D eigenvalue weighted by Crippen LogP contribution is -2.46. The average molecular weight is 364 g/mol. The molecule has 1 aliphatic carbocycles. The van der Waals surface area contributed by atoms with Crippen molar-refractivity contribution >= 4 is 11.7 Å². The van der Waals surface area contributed by atoms with Crippen LogP contribution in [-0.4, -0.2) is 79.3 Å². The zero-order valence-electron chi connectivity index (χ0n) is 16.8. The van der Waals surface area contributed by atoms with Crippen molar-refractivity contribution in [2.75, 3.05) is 52.9 Å². The van der Waals surface area contributed by atoms with Crippen molar-refractivity contribution in [1.82, 2.24) is 14.7 Å². The molecule has 2 aliphatic heterocycles. The second-order valence-corrected chi connectivity index (χ2v) is 8.87. The van der Waals surface area contributed by atoms with Gasteiger partial charge in [0.15, 0.2) is 0 Å². The van der Waals surface area contributed by atoms with E-state index in [1.807, 2.05) is 0 Å². The topological polar surface area (TPSA) is 43.9 Å². The first-order valence-corrected chi connectivity index (χ1v) is 10.7. The van der Waals surface area contributed by atoms with E-state index in [0.29, 0.717) is 5.91 Å². The van der Waals surface area contributed by atoms with Gasteiger partial charge in [0.25, 0.3) is 0 Å². The molecule has 2 heterocycles. The maximum absolute atomic E-state index is 12.9. The Hall–Kier alpha value is -0.940. The molecule has 0 aromatic rings. The van der Waals surface area contributed by atoms with E-state index in [1.165, 1.54) is 39.1 Å². The number of hydrogen-bond acceptors (Lipinski definition) is 4. The van der Waals surface area contributed by atoms with Gasteiger partial charge >= 0.3 is 0 Å². The number of likely N-dealkylation sites (N-methyl/N-ethyl adjacent to an activating group) is 1. The first-order valence-electron chi connectivity index (χ1n) is 10.7. The Morgan fingerprint density at radius 2 is 1.54 bits per heavy atom. The van der Waals surface area contributed by atoms with Crippen LogP contribution in [0.2, 0.25) is 0 Å². The summed E-state index contributed by atoms with van der Waals surface area (Å²) in [6.07, 6.45) is 7.37. The Morgan fingerprint density at radius 3 is 2.19 bits per heavy atom. The van der Waals surface area contributed by atoms with Crippen LogP contribution in [0.25, 0.3) is 0 Å². The van der Waals surface area contributed by atoms with Gasteiger partial charge in [-0.25, -0.2) is 0 Å². The Bertz CT molecular complexity index is 480. The molecule has 1 saturated carbocycles. The van der Waals surface area contributed by atoms with Gasteiger partial charge in [-0.05, 0) is 65.0 Å². The Kier molecular flexibility index (Phi) is 7.10. The molecule has 0 aromatic heterocycles. The van der Waals surface area contributed by atoms with E-state index in [-0.39, 0.29) is 17.6 Å². The van der Waals surface area contributed by atoms with Gasteiger partial charge in [-0.15, -0.1) is 0 Å². The molecule has 148 valence electrons. The average Bonchev–Trinajstić information content (AvgIpc) is 2.67. The van der Waals surface area contributed by atoms with E-state index in [9.17, 15) is 9.59 Å². The Labute approximate surface area is 159 Å². The summed E-state index contributed by atoms with van der Waals surface area (Å²) < 4.78 is 0. The summed E-state index contributed by atoms with van der Waals surface area (Å²) >= 11 is 0. The zero-order chi connectivity index (χ0) is 18.5. The van der Waals surface area contributed by atoms with Gasteiger partial charge in [-0.2, -0.15) is 0 Å². The van der Waals surface area contributed by atoms with Gasteiger partial charge in [0.1, 0.15) is 5.78 Å². The van der Waals surface area contributed by atoms with E-state index >= 15 is 0 Å². The predicted molar refractivity (Wildman–Crippen MR) is 104 cm³/mol. The van der Waals surface area contributed by atoms with Crippen molar-refractivity contribution in [3.05, 3.63) is 0 Å². The molecule has 26 heavy (non-hydrogen) atoms. The molecule has 0 N–H and O–H groups in total. The summed E-state index contributed by atoms with van der Waals surface area (Å²) in [7, 11) is 2.20. The van der Waals surface area contributed by atoms with Crippen molar-refractivity contribution < 1.29 is 9.59 Å². The normalized spacial score (nSPS) is 29.7. The van der Waals surface area contributed by atoms with Gasteiger partial charge in [0, 0.05) is 51.1 Å². The second kappa shape index (κ2) is 9.32. The van der Waals surface area contributed by atoms with Crippen LogP contribution in [0.1, 0.15) is 51.9 Å². The molecular weight excluding hydrogens is 326 g/mol. The lowest BCUT2D eigenvalue weighted by molar-refractivity contribution is -0.139. The summed E-state index contributed by atoms with van der Waals surface area (Å²) in [6, 6.07) is 0. The first-order chi connectivity index (χ1) is 12.5. The highest BCUT2D eigenvalue weighted by molar-refractivity contribution is 5.82. The molecule has 0 radical (unpaired) electrons. The van der Waals surface area contributed by atoms with Crippen molar-refractivity contribution in [2.45, 2.75) is 51.9 Å². The molecule has 5 nitrogen and oxygen atoms in total. The second-order valence-electron chi connectivity index (χ2n) is 8.87. The summed E-state index contributed by atoms with van der Waals surface area (Å²) in [4.78, 5) is 31.6. The van der Waals surface area contributed by atoms with Crippen LogP contribution in [0.3, 0.4) is 0 Å². The summed E-state index contributed by atoms with van der Waals surface area (Å²) in [5.41, 5.74) is 0. The number of piperidine rings is 1. The molecule has 3 rings (SSSR count). The zero-order valence-corrected chi connectivity index (χ0v) is 16.8. The number of piperazine rings is 1. The van der Waals surface area contributed by atoms with E-state index in [1.54, 1.807) is 6.92 Å². The van der Waals surface area contributed by atoms with Crippen LogP contribution in [0.5, 0.6) is 0 Å². The van der Waals surface area contributed by atoms with Gasteiger partial charge in [0.2, 0.25) is 5.91 Å². The predicted octanol–water partition coefficient (Wildman–Crippen LogP) is 2.26. The number of hydrogen-bond donors (Lipinski definition) is 0. The maximum Gasteiger partial charge on any atom is 0.225 e. The third-order valence-corrected chi connectivity index (χ3v) is 6.97. The van der Waals surface area contributed by atoms with Gasteiger partial charge in [0.05, 0.1) is 0 Å². The molecule has 3 aliphatic rings. The van der Waals surface area contributed by atoms with Crippen LogP contribution in [0.4, 0.5) is 0 Å². The molecule has 0 aromatic carbocycles. The maximum atomic E-state index is 12.9. The largest absolute Gasteiger partial charge is 0.342 e.